The Balaban J connectivity index is 1.98. The van der Waals surface area contributed by atoms with E-state index in [1.54, 1.807) is 6.33 Å². The van der Waals surface area contributed by atoms with Crippen molar-refractivity contribution in [3.8, 4) is 0 Å². The van der Waals surface area contributed by atoms with E-state index in [4.69, 9.17) is 0 Å². The molecule has 0 fully saturated rings. The Morgan fingerprint density at radius 2 is 2.00 bits per heavy atom. The van der Waals surface area contributed by atoms with Crippen molar-refractivity contribution in [1.29, 1.82) is 0 Å². The van der Waals surface area contributed by atoms with Gasteiger partial charge in [-0.3, -0.25) is 0 Å². The number of hydrogen-bond acceptors (Lipinski definition) is 4. The van der Waals surface area contributed by atoms with Crippen LogP contribution in [0.3, 0.4) is 0 Å². The van der Waals surface area contributed by atoms with Gasteiger partial charge in [0.25, 0.3) is 0 Å². The van der Waals surface area contributed by atoms with Crippen molar-refractivity contribution in [2.75, 3.05) is 32.5 Å². The zero-order valence-corrected chi connectivity index (χ0v) is 12.0. The number of anilines is 1. The van der Waals surface area contributed by atoms with Crippen molar-refractivity contribution in [3.05, 3.63) is 30.1 Å². The molecule has 2 rings (SSSR count). The quantitative estimate of drug-likeness (QED) is 0.809. The highest BCUT2D eigenvalue weighted by molar-refractivity contribution is 5.89. The second-order valence-corrected chi connectivity index (χ2v) is 5.18. The molecule has 0 radical (unpaired) electrons. The van der Waals surface area contributed by atoms with Gasteiger partial charge in [0.15, 0.2) is 0 Å². The molecule has 0 bridgehead atoms. The summed E-state index contributed by atoms with van der Waals surface area (Å²) >= 11 is 0. The number of aryl methyl sites for hydroxylation is 1. The number of nitrogens with one attached hydrogen (secondary N) is 1. The molecule has 1 N–H and O–H groups in total. The van der Waals surface area contributed by atoms with Crippen LogP contribution >= 0.6 is 0 Å². The van der Waals surface area contributed by atoms with Crippen molar-refractivity contribution < 1.29 is 0 Å². The van der Waals surface area contributed by atoms with Gasteiger partial charge in [0.1, 0.15) is 12.1 Å². The second-order valence-electron chi connectivity index (χ2n) is 5.18. The molecular weight excluding hydrogens is 236 g/mol. The summed E-state index contributed by atoms with van der Waals surface area (Å²) in [6, 6.07) is 6.26. The van der Waals surface area contributed by atoms with Gasteiger partial charge < -0.3 is 10.2 Å². The minimum absolute atomic E-state index is 0.943. The Bertz CT molecular complexity index is 537. The molecule has 0 spiro atoms. The topological polar surface area (TPSA) is 41.1 Å². The number of unbranched alkanes of at least 4 members (excludes halogenated alkanes) is 1. The van der Waals surface area contributed by atoms with Crippen molar-refractivity contribution in [1.82, 2.24) is 14.9 Å². The summed E-state index contributed by atoms with van der Waals surface area (Å²) < 4.78 is 0. The minimum atomic E-state index is 0.943. The van der Waals surface area contributed by atoms with Crippen molar-refractivity contribution in [2.45, 2.75) is 19.8 Å². The molecule has 0 saturated carbocycles. The van der Waals surface area contributed by atoms with Crippen LogP contribution in [0.15, 0.2) is 24.5 Å². The Morgan fingerprint density at radius 1 is 1.16 bits per heavy atom. The zero-order valence-electron chi connectivity index (χ0n) is 12.0. The third-order valence-electron chi connectivity index (χ3n) is 3.12. The lowest BCUT2D eigenvalue weighted by Crippen LogP contribution is -2.14. The standard InChI is InChI=1S/C15H22N4/c1-12-6-7-14-13(10-12)15(18-11-17-14)16-8-4-5-9-19(2)3/h6-7,10-11H,4-5,8-9H2,1-3H3,(H,16,17,18). The second kappa shape index (κ2) is 6.48. The average Bonchev–Trinajstić information content (AvgIpc) is 2.38. The van der Waals surface area contributed by atoms with Gasteiger partial charge in [-0.15, -0.1) is 0 Å². The van der Waals surface area contributed by atoms with Gasteiger partial charge in [-0.2, -0.15) is 0 Å². The maximum atomic E-state index is 4.35. The highest BCUT2D eigenvalue weighted by Gasteiger charge is 2.03. The van der Waals surface area contributed by atoms with E-state index in [1.807, 2.05) is 6.07 Å². The Hall–Kier alpha value is -1.68. The SMILES string of the molecule is Cc1ccc2ncnc(NCCCCN(C)C)c2c1. The van der Waals surface area contributed by atoms with Crippen LogP contribution in [0.2, 0.25) is 0 Å². The van der Waals surface area contributed by atoms with Gasteiger partial charge >= 0.3 is 0 Å². The fourth-order valence-electron chi connectivity index (χ4n) is 2.07. The van der Waals surface area contributed by atoms with Crippen molar-refractivity contribution in [3.63, 3.8) is 0 Å². The summed E-state index contributed by atoms with van der Waals surface area (Å²) in [6.07, 6.45) is 3.97. The first-order chi connectivity index (χ1) is 9.16. The van der Waals surface area contributed by atoms with Crippen LogP contribution in [-0.4, -0.2) is 42.1 Å². The van der Waals surface area contributed by atoms with E-state index in [0.29, 0.717) is 0 Å². The Kier molecular flexibility index (Phi) is 4.68. The largest absolute Gasteiger partial charge is 0.369 e. The van der Waals surface area contributed by atoms with Crippen molar-refractivity contribution >= 4 is 16.7 Å². The number of fused-ring (bicyclic) bond motifs is 1. The molecule has 4 heteroatoms. The maximum Gasteiger partial charge on any atom is 0.137 e. The monoisotopic (exact) mass is 258 g/mol. The summed E-state index contributed by atoms with van der Waals surface area (Å²) in [5.74, 6) is 0.943. The highest BCUT2D eigenvalue weighted by Crippen LogP contribution is 2.20. The van der Waals surface area contributed by atoms with Crippen LogP contribution < -0.4 is 5.32 Å². The molecule has 4 nitrogen and oxygen atoms in total. The molecule has 102 valence electrons. The Morgan fingerprint density at radius 3 is 2.79 bits per heavy atom. The summed E-state index contributed by atoms with van der Waals surface area (Å²) in [5.41, 5.74) is 2.23. The number of hydrogen-bond donors (Lipinski definition) is 1. The van der Waals surface area contributed by atoms with Crippen molar-refractivity contribution in [2.24, 2.45) is 0 Å². The van der Waals surface area contributed by atoms with Crippen LogP contribution in [0, 0.1) is 6.92 Å². The lowest BCUT2D eigenvalue weighted by Gasteiger charge is -2.11. The van der Waals surface area contributed by atoms with E-state index in [1.165, 1.54) is 12.0 Å². The average molecular weight is 258 g/mol. The van der Waals surface area contributed by atoms with Crippen LogP contribution in [0.5, 0.6) is 0 Å². The molecule has 0 atom stereocenters. The molecule has 1 heterocycles. The summed E-state index contributed by atoms with van der Waals surface area (Å²) in [6.45, 7) is 4.17. The highest BCUT2D eigenvalue weighted by atomic mass is 15.0. The van der Waals surface area contributed by atoms with E-state index in [-0.39, 0.29) is 0 Å². The fraction of sp³-hybridized carbons (Fsp3) is 0.467. The van der Waals surface area contributed by atoms with E-state index >= 15 is 0 Å². The van der Waals surface area contributed by atoms with Crippen LogP contribution in [0.1, 0.15) is 18.4 Å². The Labute approximate surface area is 114 Å². The molecule has 0 amide bonds. The van der Waals surface area contributed by atoms with Gasteiger partial charge in [-0.05, 0) is 52.5 Å². The van der Waals surface area contributed by atoms with E-state index in [9.17, 15) is 0 Å². The third kappa shape index (κ3) is 3.89. The first kappa shape index (κ1) is 13.7. The lowest BCUT2D eigenvalue weighted by atomic mass is 10.1. The van der Waals surface area contributed by atoms with E-state index in [0.717, 1.165) is 36.2 Å². The molecular formula is C15H22N4. The normalized spacial score (nSPS) is 11.2. The molecule has 0 aliphatic rings. The molecule has 0 unspecified atom stereocenters. The summed E-state index contributed by atoms with van der Waals surface area (Å²) in [5, 5.41) is 4.53. The summed E-state index contributed by atoms with van der Waals surface area (Å²) in [7, 11) is 4.21. The number of benzene rings is 1. The summed E-state index contributed by atoms with van der Waals surface area (Å²) in [4.78, 5) is 10.9. The predicted octanol–water partition coefficient (Wildman–Crippen LogP) is 2.69. The molecule has 0 aliphatic carbocycles. The van der Waals surface area contributed by atoms with Crippen LogP contribution in [0.25, 0.3) is 10.9 Å². The molecule has 1 aromatic heterocycles. The zero-order chi connectivity index (χ0) is 13.7. The van der Waals surface area contributed by atoms with E-state index in [2.05, 4.69) is 53.3 Å². The van der Waals surface area contributed by atoms with Gasteiger partial charge in [-0.1, -0.05) is 11.6 Å². The molecule has 0 saturated heterocycles. The molecule has 1 aromatic carbocycles. The van der Waals surface area contributed by atoms with Crippen LogP contribution in [0.4, 0.5) is 5.82 Å². The fourth-order valence-corrected chi connectivity index (χ4v) is 2.07. The number of nitrogens with zero attached hydrogens (tertiary/aromatic N) is 3. The first-order valence-corrected chi connectivity index (χ1v) is 6.77. The third-order valence-corrected chi connectivity index (χ3v) is 3.12. The molecule has 2 aromatic rings. The predicted molar refractivity (Wildman–Crippen MR) is 80.6 cm³/mol. The lowest BCUT2D eigenvalue weighted by molar-refractivity contribution is 0.396. The molecule has 19 heavy (non-hydrogen) atoms. The number of aromatic nitrogens is 2. The van der Waals surface area contributed by atoms with Gasteiger partial charge in [0.2, 0.25) is 0 Å². The van der Waals surface area contributed by atoms with Gasteiger partial charge in [0.05, 0.1) is 5.52 Å². The minimum Gasteiger partial charge on any atom is -0.369 e. The maximum absolute atomic E-state index is 4.35. The van der Waals surface area contributed by atoms with Gasteiger partial charge in [0, 0.05) is 11.9 Å². The van der Waals surface area contributed by atoms with Crippen LogP contribution in [-0.2, 0) is 0 Å². The number of rotatable bonds is 6. The van der Waals surface area contributed by atoms with E-state index < -0.39 is 0 Å². The smallest absolute Gasteiger partial charge is 0.137 e. The van der Waals surface area contributed by atoms with Gasteiger partial charge in [-0.25, -0.2) is 9.97 Å². The first-order valence-electron chi connectivity index (χ1n) is 6.77. The molecule has 0 aliphatic heterocycles.